The Bertz CT molecular complexity index is 669. The van der Waals surface area contributed by atoms with Gasteiger partial charge in [-0.25, -0.2) is 0 Å². The first-order valence-corrected chi connectivity index (χ1v) is 9.17. The van der Waals surface area contributed by atoms with Gasteiger partial charge in [0.2, 0.25) is 0 Å². The number of rotatable bonds is 3. The molecule has 2 aliphatic rings. The molecule has 0 aromatic carbocycles. The maximum absolute atomic E-state index is 12.6. The molecule has 0 unspecified atom stereocenters. The van der Waals surface area contributed by atoms with E-state index in [1.54, 1.807) is 0 Å². The number of imide groups is 1. The van der Waals surface area contributed by atoms with Crippen molar-refractivity contribution in [2.45, 2.75) is 46.0 Å². The number of hydrogen-bond acceptors (Lipinski definition) is 3. The first-order chi connectivity index (χ1) is 11.0. The van der Waals surface area contributed by atoms with E-state index in [-0.39, 0.29) is 11.1 Å². The molecule has 0 N–H and O–H groups in total. The van der Waals surface area contributed by atoms with E-state index in [9.17, 15) is 9.59 Å². The first-order valence-electron chi connectivity index (χ1n) is 8.35. The molecule has 0 spiro atoms. The highest BCUT2D eigenvalue weighted by atomic mass is 32.2. The van der Waals surface area contributed by atoms with Crippen LogP contribution in [0.25, 0.3) is 6.08 Å². The Morgan fingerprint density at radius 2 is 1.91 bits per heavy atom. The van der Waals surface area contributed by atoms with Gasteiger partial charge in [0.1, 0.15) is 0 Å². The van der Waals surface area contributed by atoms with Crippen molar-refractivity contribution < 1.29 is 9.59 Å². The molecule has 0 bridgehead atoms. The number of carbonyl (C=O) groups is 2. The van der Waals surface area contributed by atoms with E-state index in [1.165, 1.54) is 24.2 Å². The molecule has 0 atom stereocenters. The molecule has 5 heteroatoms. The average Bonchev–Trinajstić information content (AvgIpc) is 2.94. The van der Waals surface area contributed by atoms with Gasteiger partial charge in [0.15, 0.2) is 0 Å². The highest BCUT2D eigenvalue weighted by Crippen LogP contribution is 2.35. The lowest BCUT2D eigenvalue weighted by Gasteiger charge is -2.25. The van der Waals surface area contributed by atoms with E-state index >= 15 is 0 Å². The highest BCUT2D eigenvalue weighted by Gasteiger charge is 2.36. The van der Waals surface area contributed by atoms with Gasteiger partial charge in [-0.15, -0.1) is 0 Å². The predicted octanol–water partition coefficient (Wildman–Crippen LogP) is 4.26. The van der Waals surface area contributed by atoms with Gasteiger partial charge in [-0.1, -0.05) is 19.3 Å². The van der Waals surface area contributed by atoms with Gasteiger partial charge in [-0.2, -0.15) is 0 Å². The Kier molecular flexibility index (Phi) is 4.67. The number of aryl methyl sites for hydroxylation is 1. The minimum Gasteiger partial charge on any atom is -0.352 e. The molecule has 1 saturated carbocycles. The Morgan fingerprint density at radius 3 is 2.52 bits per heavy atom. The summed E-state index contributed by atoms with van der Waals surface area (Å²) in [5.74, 6) is 0.365. The standard InChI is InChI=1S/C18H24N2O2S/c1-12-9-15(13(2)19(12)3)10-16-17(21)20(18(22)23-16)11-14-7-5-4-6-8-14/h9-10,14H,4-8,11H2,1-3H3/b16-10+. The third-order valence-corrected chi connectivity index (χ3v) is 6.05. The third-order valence-electron chi connectivity index (χ3n) is 5.14. The van der Waals surface area contributed by atoms with Gasteiger partial charge >= 0.3 is 0 Å². The molecule has 2 fully saturated rings. The molecule has 1 aliphatic carbocycles. The predicted molar refractivity (Wildman–Crippen MR) is 94.1 cm³/mol. The zero-order valence-electron chi connectivity index (χ0n) is 14.1. The van der Waals surface area contributed by atoms with Crippen molar-refractivity contribution in [3.63, 3.8) is 0 Å². The maximum atomic E-state index is 12.6. The van der Waals surface area contributed by atoms with E-state index in [2.05, 4.69) is 10.6 Å². The van der Waals surface area contributed by atoms with Crippen molar-refractivity contribution in [1.82, 2.24) is 9.47 Å². The lowest BCUT2D eigenvalue weighted by Crippen LogP contribution is -2.34. The SMILES string of the molecule is Cc1cc(/C=C2/SC(=O)N(CC3CCCCC3)C2=O)c(C)n1C. The van der Waals surface area contributed by atoms with Crippen LogP contribution >= 0.6 is 11.8 Å². The van der Waals surface area contributed by atoms with Crippen LogP contribution in [0.5, 0.6) is 0 Å². The van der Waals surface area contributed by atoms with E-state index in [0.29, 0.717) is 17.4 Å². The summed E-state index contributed by atoms with van der Waals surface area (Å²) in [5, 5.41) is -0.114. The summed E-state index contributed by atoms with van der Waals surface area (Å²) in [6.07, 6.45) is 7.87. The minimum atomic E-state index is -0.119. The smallest absolute Gasteiger partial charge is 0.293 e. The summed E-state index contributed by atoms with van der Waals surface area (Å²) >= 11 is 1.08. The van der Waals surface area contributed by atoms with Gasteiger partial charge in [0.05, 0.1) is 4.91 Å². The van der Waals surface area contributed by atoms with Crippen molar-refractivity contribution in [2.24, 2.45) is 13.0 Å². The fourth-order valence-corrected chi connectivity index (χ4v) is 4.30. The topological polar surface area (TPSA) is 42.3 Å². The summed E-state index contributed by atoms with van der Waals surface area (Å²) < 4.78 is 2.10. The molecule has 4 nitrogen and oxygen atoms in total. The molecule has 2 amide bonds. The number of thioether (sulfide) groups is 1. The van der Waals surface area contributed by atoms with E-state index in [0.717, 1.165) is 41.6 Å². The van der Waals surface area contributed by atoms with E-state index in [4.69, 9.17) is 0 Å². The number of hydrogen-bond donors (Lipinski definition) is 0. The molecule has 1 saturated heterocycles. The molecule has 1 aliphatic heterocycles. The fourth-order valence-electron chi connectivity index (χ4n) is 3.46. The molecule has 0 radical (unpaired) electrons. The van der Waals surface area contributed by atoms with Crippen molar-refractivity contribution in [3.05, 3.63) is 27.9 Å². The highest BCUT2D eigenvalue weighted by molar-refractivity contribution is 8.18. The molecular weight excluding hydrogens is 308 g/mol. The van der Waals surface area contributed by atoms with Crippen LogP contribution in [0.15, 0.2) is 11.0 Å². The molecule has 2 heterocycles. The Hall–Kier alpha value is -1.49. The second kappa shape index (κ2) is 6.56. The Balaban J connectivity index is 1.77. The molecular formula is C18H24N2O2S. The number of amides is 2. The molecule has 1 aromatic rings. The second-order valence-electron chi connectivity index (χ2n) is 6.68. The fraction of sp³-hybridized carbons (Fsp3) is 0.556. The zero-order chi connectivity index (χ0) is 16.6. The van der Waals surface area contributed by atoms with Crippen LogP contribution in [-0.2, 0) is 11.8 Å². The third kappa shape index (κ3) is 3.25. The van der Waals surface area contributed by atoms with Crippen LogP contribution in [0.4, 0.5) is 4.79 Å². The first kappa shape index (κ1) is 16.4. The van der Waals surface area contributed by atoms with Crippen LogP contribution < -0.4 is 0 Å². The van der Waals surface area contributed by atoms with Gasteiger partial charge in [-0.3, -0.25) is 14.5 Å². The summed E-state index contributed by atoms with van der Waals surface area (Å²) in [4.78, 5) is 26.9. The monoisotopic (exact) mass is 332 g/mol. The van der Waals surface area contributed by atoms with Gasteiger partial charge in [0, 0.05) is 25.0 Å². The van der Waals surface area contributed by atoms with E-state index in [1.807, 2.05) is 27.0 Å². The summed E-state index contributed by atoms with van der Waals surface area (Å²) in [6.45, 7) is 4.67. The normalized spacial score (nSPS) is 21.7. The van der Waals surface area contributed by atoms with Gasteiger partial charge in [0.25, 0.3) is 11.1 Å². The van der Waals surface area contributed by atoms with Crippen LogP contribution in [0.2, 0.25) is 0 Å². The second-order valence-corrected chi connectivity index (χ2v) is 7.68. The zero-order valence-corrected chi connectivity index (χ0v) is 14.9. The summed E-state index contributed by atoms with van der Waals surface area (Å²) in [6, 6.07) is 2.06. The average molecular weight is 332 g/mol. The minimum absolute atomic E-state index is 0.114. The Morgan fingerprint density at radius 1 is 1.22 bits per heavy atom. The number of nitrogens with zero attached hydrogens (tertiary/aromatic N) is 2. The van der Waals surface area contributed by atoms with Crippen molar-refractivity contribution in [2.75, 3.05) is 6.54 Å². The van der Waals surface area contributed by atoms with E-state index < -0.39 is 0 Å². The van der Waals surface area contributed by atoms with Crippen LogP contribution in [-0.4, -0.2) is 27.2 Å². The van der Waals surface area contributed by atoms with Crippen molar-refractivity contribution >= 4 is 29.0 Å². The summed E-state index contributed by atoms with van der Waals surface area (Å²) in [7, 11) is 2.01. The van der Waals surface area contributed by atoms with Gasteiger partial charge < -0.3 is 4.57 Å². The molecule has 1 aromatic heterocycles. The molecule has 3 rings (SSSR count). The maximum Gasteiger partial charge on any atom is 0.293 e. The van der Waals surface area contributed by atoms with Crippen LogP contribution in [0.1, 0.15) is 49.1 Å². The van der Waals surface area contributed by atoms with Crippen molar-refractivity contribution in [3.8, 4) is 0 Å². The van der Waals surface area contributed by atoms with Crippen LogP contribution in [0.3, 0.4) is 0 Å². The lowest BCUT2D eigenvalue weighted by molar-refractivity contribution is -0.123. The van der Waals surface area contributed by atoms with Gasteiger partial charge in [-0.05, 0) is 62.1 Å². The van der Waals surface area contributed by atoms with Crippen molar-refractivity contribution in [1.29, 1.82) is 0 Å². The summed E-state index contributed by atoms with van der Waals surface area (Å²) in [5.41, 5.74) is 3.28. The van der Waals surface area contributed by atoms with Crippen LogP contribution in [0, 0.1) is 19.8 Å². The largest absolute Gasteiger partial charge is 0.352 e. The molecule has 124 valence electrons. The number of carbonyl (C=O) groups excluding carboxylic acids is 2. The Labute approximate surface area is 141 Å². The quantitative estimate of drug-likeness (QED) is 0.777. The number of aromatic nitrogens is 1. The lowest BCUT2D eigenvalue weighted by atomic mass is 9.89. The molecule has 23 heavy (non-hydrogen) atoms.